The second kappa shape index (κ2) is 11.2. The molecule has 0 bridgehead atoms. The van der Waals surface area contributed by atoms with Gasteiger partial charge >= 0.3 is 6.09 Å². The minimum atomic E-state index is -0.507. The second-order valence-electron chi connectivity index (χ2n) is 13.9. The van der Waals surface area contributed by atoms with E-state index in [9.17, 15) is 4.79 Å². The summed E-state index contributed by atoms with van der Waals surface area (Å²) in [6.45, 7) is 9.33. The van der Waals surface area contributed by atoms with Crippen molar-refractivity contribution in [2.24, 2.45) is 5.92 Å². The summed E-state index contributed by atoms with van der Waals surface area (Å²) in [5.41, 5.74) is 4.08. The Balaban J connectivity index is 1.07. The van der Waals surface area contributed by atoms with Crippen molar-refractivity contribution in [3.05, 3.63) is 54.2 Å². The predicted octanol–water partition coefficient (Wildman–Crippen LogP) is 5.39. The Morgan fingerprint density at radius 3 is 2.58 bits per heavy atom. The molecular formula is C33H43N7O3. The Kier molecular flexibility index (Phi) is 7.35. The Bertz CT molecular complexity index is 1440. The van der Waals surface area contributed by atoms with E-state index in [4.69, 9.17) is 14.5 Å². The van der Waals surface area contributed by atoms with Gasteiger partial charge in [0, 0.05) is 37.6 Å². The first-order chi connectivity index (χ1) is 20.8. The van der Waals surface area contributed by atoms with Crippen molar-refractivity contribution in [3.63, 3.8) is 0 Å². The summed E-state index contributed by atoms with van der Waals surface area (Å²) < 4.78 is 13.5. The quantitative estimate of drug-likeness (QED) is 0.347. The van der Waals surface area contributed by atoms with Gasteiger partial charge in [0.1, 0.15) is 11.3 Å². The lowest BCUT2D eigenvalue weighted by atomic mass is 9.84. The van der Waals surface area contributed by atoms with Crippen molar-refractivity contribution >= 4 is 11.8 Å². The van der Waals surface area contributed by atoms with Crippen molar-refractivity contribution in [2.75, 3.05) is 37.7 Å². The number of piperidine rings is 1. The lowest BCUT2D eigenvalue weighted by molar-refractivity contribution is -0.0851. The topological polar surface area (TPSA) is 98.5 Å². The van der Waals surface area contributed by atoms with Crippen LogP contribution in [0.1, 0.15) is 82.9 Å². The largest absolute Gasteiger partial charge is 0.444 e. The molecule has 0 aromatic carbocycles. The fraction of sp³-hybridized carbons (Fsp3) is 0.606. The molecule has 228 valence electrons. The van der Waals surface area contributed by atoms with E-state index in [0.717, 1.165) is 55.1 Å². The Morgan fingerprint density at radius 1 is 1.09 bits per heavy atom. The number of amides is 1. The van der Waals surface area contributed by atoms with Gasteiger partial charge in [-0.3, -0.25) is 9.97 Å². The van der Waals surface area contributed by atoms with Crippen LogP contribution < -0.4 is 4.90 Å². The number of pyridine rings is 2. The molecule has 0 spiro atoms. The molecule has 0 radical (unpaired) electrons. The molecule has 7 rings (SSSR count). The summed E-state index contributed by atoms with van der Waals surface area (Å²) in [6.07, 6.45) is 15.7. The van der Waals surface area contributed by atoms with E-state index in [1.54, 1.807) is 0 Å². The number of nitrogens with zero attached hydrogens (tertiary/aromatic N) is 7. The Morgan fingerprint density at radius 2 is 1.93 bits per heavy atom. The molecule has 1 amide bonds. The fourth-order valence-electron chi connectivity index (χ4n) is 6.47. The van der Waals surface area contributed by atoms with Crippen LogP contribution >= 0.6 is 0 Å². The third kappa shape index (κ3) is 5.86. The van der Waals surface area contributed by atoms with Crippen LogP contribution in [0.15, 0.2) is 43.0 Å². The second-order valence-corrected chi connectivity index (χ2v) is 13.9. The highest BCUT2D eigenvalue weighted by molar-refractivity contribution is 5.69. The van der Waals surface area contributed by atoms with Crippen LogP contribution in [0.25, 0.3) is 11.3 Å². The number of carbonyl (C=O) groups excluding carboxylic acids is 1. The maximum Gasteiger partial charge on any atom is 0.410 e. The van der Waals surface area contributed by atoms with Gasteiger partial charge in [0.15, 0.2) is 5.54 Å². The highest BCUT2D eigenvalue weighted by atomic mass is 16.6. The molecule has 4 aliphatic rings. The van der Waals surface area contributed by atoms with Gasteiger partial charge in [-0.15, -0.1) is 5.10 Å². The molecule has 1 atom stereocenters. The first kappa shape index (κ1) is 28.3. The van der Waals surface area contributed by atoms with Crippen LogP contribution in [-0.4, -0.2) is 80.4 Å². The van der Waals surface area contributed by atoms with Gasteiger partial charge in [-0.2, -0.15) is 0 Å². The lowest BCUT2D eigenvalue weighted by Gasteiger charge is -2.43. The van der Waals surface area contributed by atoms with E-state index >= 15 is 0 Å². The monoisotopic (exact) mass is 585 g/mol. The van der Waals surface area contributed by atoms with Crippen LogP contribution in [0.3, 0.4) is 0 Å². The maximum absolute atomic E-state index is 13.3. The van der Waals surface area contributed by atoms with Gasteiger partial charge in [-0.05, 0) is 94.9 Å². The molecule has 2 saturated carbocycles. The van der Waals surface area contributed by atoms with E-state index in [1.165, 1.54) is 37.7 Å². The van der Waals surface area contributed by atoms with Gasteiger partial charge < -0.3 is 19.3 Å². The Hall–Kier alpha value is -3.53. The average Bonchev–Trinajstić information content (AvgIpc) is 3.69. The van der Waals surface area contributed by atoms with Crippen LogP contribution in [0.4, 0.5) is 10.5 Å². The maximum atomic E-state index is 13.3. The molecular weight excluding hydrogens is 542 g/mol. The number of anilines is 1. The van der Waals surface area contributed by atoms with Crippen molar-refractivity contribution in [2.45, 2.75) is 88.8 Å². The number of hydrogen-bond acceptors (Lipinski definition) is 8. The highest BCUT2D eigenvalue weighted by Gasteiger charge is 2.45. The SMILES string of the molecule is CC(C)(C)OC(=O)N(CC1CCC1)[C@@H]1CCCN(c2ccc(C3(n4cc(-c5cncc(C6CC6)c5)nn4)COC3)nc2)C1. The van der Waals surface area contributed by atoms with E-state index in [0.29, 0.717) is 25.0 Å². The average molecular weight is 586 g/mol. The Labute approximate surface area is 253 Å². The summed E-state index contributed by atoms with van der Waals surface area (Å²) in [4.78, 5) is 27.1. The molecule has 3 aromatic heterocycles. The van der Waals surface area contributed by atoms with Crippen LogP contribution in [0.2, 0.25) is 0 Å². The molecule has 2 saturated heterocycles. The van der Waals surface area contributed by atoms with Crippen LogP contribution in [-0.2, 0) is 15.0 Å². The molecule has 10 nitrogen and oxygen atoms in total. The number of hydrogen-bond donors (Lipinski definition) is 0. The zero-order valence-electron chi connectivity index (χ0n) is 25.6. The normalized spacial score (nSPS) is 22.0. The van der Waals surface area contributed by atoms with E-state index < -0.39 is 11.1 Å². The first-order valence-corrected chi connectivity index (χ1v) is 15.9. The van der Waals surface area contributed by atoms with Gasteiger partial charge in [0.05, 0.1) is 43.0 Å². The molecule has 0 unspecified atom stereocenters. The summed E-state index contributed by atoms with van der Waals surface area (Å²) in [7, 11) is 0. The van der Waals surface area contributed by atoms with Crippen molar-refractivity contribution in [3.8, 4) is 11.3 Å². The number of rotatable bonds is 8. The van der Waals surface area contributed by atoms with Crippen molar-refractivity contribution in [1.29, 1.82) is 0 Å². The first-order valence-electron chi connectivity index (χ1n) is 15.9. The standard InChI is InChI=1S/C33H43N7O3/c1-32(2,3)43-31(41)39(18-23-6-4-7-23)28-8-5-13-38(19-28)27-11-12-30(35-17-27)33(21-42-22-33)40-20-29(36-37-40)26-14-25(15-34-16-26)24-9-10-24/h11-12,14-17,20,23-24,28H,4-10,13,18-19,21-22H2,1-3H3/t28-/m1/s1. The summed E-state index contributed by atoms with van der Waals surface area (Å²) in [6, 6.07) is 6.56. The summed E-state index contributed by atoms with van der Waals surface area (Å²) >= 11 is 0. The molecule has 43 heavy (non-hydrogen) atoms. The van der Waals surface area contributed by atoms with Gasteiger partial charge in [0.25, 0.3) is 0 Å². The van der Waals surface area contributed by atoms with Crippen LogP contribution in [0.5, 0.6) is 0 Å². The lowest BCUT2D eigenvalue weighted by Crippen LogP contribution is -2.54. The van der Waals surface area contributed by atoms with Crippen molar-refractivity contribution in [1.82, 2.24) is 29.9 Å². The number of ether oxygens (including phenoxy) is 2. The van der Waals surface area contributed by atoms with E-state index in [-0.39, 0.29) is 12.1 Å². The molecule has 2 aliphatic carbocycles. The highest BCUT2D eigenvalue weighted by Crippen LogP contribution is 2.41. The van der Waals surface area contributed by atoms with E-state index in [2.05, 4.69) is 38.4 Å². The minimum absolute atomic E-state index is 0.122. The number of aromatic nitrogens is 5. The molecule has 2 aliphatic heterocycles. The van der Waals surface area contributed by atoms with Gasteiger partial charge in [-0.1, -0.05) is 11.6 Å². The zero-order valence-corrected chi connectivity index (χ0v) is 25.6. The molecule has 0 N–H and O–H groups in total. The molecule has 10 heteroatoms. The van der Waals surface area contributed by atoms with Gasteiger partial charge in [0.2, 0.25) is 0 Å². The molecule has 5 heterocycles. The summed E-state index contributed by atoms with van der Waals surface area (Å²) in [5.74, 6) is 1.22. The molecule has 3 aromatic rings. The fourth-order valence-corrected chi connectivity index (χ4v) is 6.47. The zero-order chi connectivity index (χ0) is 29.6. The predicted molar refractivity (Wildman–Crippen MR) is 163 cm³/mol. The van der Waals surface area contributed by atoms with E-state index in [1.807, 2.05) is 55.1 Å². The van der Waals surface area contributed by atoms with Crippen LogP contribution in [0, 0.1) is 5.92 Å². The summed E-state index contributed by atoms with van der Waals surface area (Å²) in [5, 5.41) is 9.03. The third-order valence-electron chi connectivity index (χ3n) is 9.45. The minimum Gasteiger partial charge on any atom is -0.444 e. The van der Waals surface area contributed by atoms with Crippen molar-refractivity contribution < 1.29 is 14.3 Å². The smallest absolute Gasteiger partial charge is 0.410 e. The number of carbonyl (C=O) groups is 1. The van der Waals surface area contributed by atoms with Gasteiger partial charge in [-0.25, -0.2) is 9.48 Å². The molecule has 4 fully saturated rings. The third-order valence-corrected chi connectivity index (χ3v) is 9.45.